The van der Waals surface area contributed by atoms with Crippen molar-refractivity contribution in [1.29, 1.82) is 5.26 Å². The summed E-state index contributed by atoms with van der Waals surface area (Å²) in [5, 5.41) is 19.6. The number of hydrogen-bond donors (Lipinski definition) is 0. The fourth-order valence-corrected chi connectivity index (χ4v) is 1.97. The Balaban J connectivity index is 2.36. The lowest BCUT2D eigenvalue weighted by Crippen LogP contribution is -1.92. The lowest BCUT2D eigenvalue weighted by Gasteiger charge is -2.07. The highest BCUT2D eigenvalue weighted by atomic mass is 79.9. The second-order valence-corrected chi connectivity index (χ2v) is 4.38. The van der Waals surface area contributed by atoms with E-state index in [0.29, 0.717) is 17.1 Å². The molecule has 0 aromatic heterocycles. The van der Waals surface area contributed by atoms with Crippen LogP contribution in [0.25, 0.3) is 0 Å². The van der Waals surface area contributed by atoms with E-state index < -0.39 is 4.92 Å². The van der Waals surface area contributed by atoms with Crippen LogP contribution in [-0.2, 0) is 0 Å². The molecular formula is C13H7BrN2O3. The van der Waals surface area contributed by atoms with Crippen molar-refractivity contribution >= 4 is 21.6 Å². The van der Waals surface area contributed by atoms with Crippen molar-refractivity contribution in [2.24, 2.45) is 0 Å². The molecule has 0 aliphatic carbocycles. The van der Waals surface area contributed by atoms with E-state index in [-0.39, 0.29) is 10.2 Å². The average Bonchev–Trinajstić information content (AvgIpc) is 2.41. The van der Waals surface area contributed by atoms with E-state index in [1.165, 1.54) is 12.1 Å². The maximum Gasteiger partial charge on any atom is 0.287 e. The molecule has 0 spiro atoms. The van der Waals surface area contributed by atoms with E-state index >= 15 is 0 Å². The molecular weight excluding hydrogens is 312 g/mol. The van der Waals surface area contributed by atoms with Gasteiger partial charge in [-0.05, 0) is 40.2 Å². The zero-order valence-electron chi connectivity index (χ0n) is 9.54. The summed E-state index contributed by atoms with van der Waals surface area (Å²) in [5.74, 6) is 0.768. The first-order chi connectivity index (χ1) is 9.11. The first kappa shape index (κ1) is 13.1. The Bertz CT molecular complexity index is 680. The van der Waals surface area contributed by atoms with E-state index in [0.717, 1.165) is 0 Å². The monoisotopic (exact) mass is 318 g/mol. The van der Waals surface area contributed by atoms with Gasteiger partial charge < -0.3 is 4.74 Å². The molecule has 0 saturated carbocycles. The molecule has 0 bridgehead atoms. The molecule has 6 heteroatoms. The quantitative estimate of drug-likeness (QED) is 0.632. The third kappa shape index (κ3) is 2.89. The Morgan fingerprint density at radius 1 is 1.26 bits per heavy atom. The highest BCUT2D eigenvalue weighted by Gasteiger charge is 2.16. The molecule has 0 radical (unpaired) electrons. The van der Waals surface area contributed by atoms with Crippen LogP contribution < -0.4 is 4.74 Å². The number of nitriles is 1. The molecule has 0 N–H and O–H groups in total. The molecule has 0 atom stereocenters. The van der Waals surface area contributed by atoms with Gasteiger partial charge in [0.05, 0.1) is 16.6 Å². The SMILES string of the molecule is N#Cc1cccc(Oc2cccc([N+](=O)[O-])c2Br)c1. The predicted molar refractivity (Wildman–Crippen MR) is 72.0 cm³/mol. The minimum Gasteiger partial charge on any atom is -0.456 e. The van der Waals surface area contributed by atoms with Gasteiger partial charge in [-0.2, -0.15) is 5.26 Å². The number of hydrogen-bond acceptors (Lipinski definition) is 4. The molecule has 2 aromatic carbocycles. The third-order valence-electron chi connectivity index (χ3n) is 2.33. The van der Waals surface area contributed by atoms with Crippen molar-refractivity contribution in [3.8, 4) is 17.6 Å². The number of nitro groups is 1. The topological polar surface area (TPSA) is 76.2 Å². The summed E-state index contributed by atoms with van der Waals surface area (Å²) in [6.07, 6.45) is 0. The first-order valence-corrected chi connectivity index (χ1v) is 6.02. The standard InChI is InChI=1S/C13H7BrN2O3/c14-13-11(16(17)18)5-2-6-12(13)19-10-4-1-3-9(7-10)8-15/h1-7H. The van der Waals surface area contributed by atoms with E-state index in [1.807, 2.05) is 6.07 Å². The van der Waals surface area contributed by atoms with Crippen molar-refractivity contribution in [3.63, 3.8) is 0 Å². The van der Waals surface area contributed by atoms with Gasteiger partial charge in [-0.15, -0.1) is 0 Å². The van der Waals surface area contributed by atoms with E-state index in [1.54, 1.807) is 30.3 Å². The fourth-order valence-electron chi connectivity index (χ4n) is 1.48. The Morgan fingerprint density at radius 3 is 2.68 bits per heavy atom. The Kier molecular flexibility index (Phi) is 3.78. The van der Waals surface area contributed by atoms with Gasteiger partial charge in [-0.25, -0.2) is 0 Å². The smallest absolute Gasteiger partial charge is 0.287 e. The number of rotatable bonds is 3. The largest absolute Gasteiger partial charge is 0.456 e. The minimum atomic E-state index is -0.497. The van der Waals surface area contributed by atoms with E-state index in [2.05, 4.69) is 15.9 Å². The maximum atomic E-state index is 10.8. The summed E-state index contributed by atoms with van der Waals surface area (Å²) in [4.78, 5) is 10.3. The molecule has 0 fully saturated rings. The lowest BCUT2D eigenvalue weighted by atomic mass is 10.2. The third-order valence-corrected chi connectivity index (χ3v) is 3.13. The second kappa shape index (κ2) is 5.50. The zero-order chi connectivity index (χ0) is 13.8. The molecule has 2 rings (SSSR count). The van der Waals surface area contributed by atoms with Gasteiger partial charge in [0.2, 0.25) is 0 Å². The first-order valence-electron chi connectivity index (χ1n) is 5.22. The van der Waals surface area contributed by atoms with Gasteiger partial charge in [-0.1, -0.05) is 12.1 Å². The van der Waals surface area contributed by atoms with Crippen molar-refractivity contribution in [3.05, 3.63) is 62.6 Å². The molecule has 0 unspecified atom stereocenters. The summed E-state index contributed by atoms with van der Waals surface area (Å²) in [7, 11) is 0. The van der Waals surface area contributed by atoms with Gasteiger partial charge in [0, 0.05) is 6.07 Å². The minimum absolute atomic E-state index is 0.0751. The Labute approximate surface area is 117 Å². The van der Waals surface area contributed by atoms with Gasteiger partial charge in [0.15, 0.2) is 0 Å². The van der Waals surface area contributed by atoms with Crippen molar-refractivity contribution in [2.75, 3.05) is 0 Å². The van der Waals surface area contributed by atoms with Crippen molar-refractivity contribution in [2.45, 2.75) is 0 Å². The normalized spacial score (nSPS) is 9.68. The maximum absolute atomic E-state index is 10.8. The number of nitrogens with zero attached hydrogens (tertiary/aromatic N) is 2. The highest BCUT2D eigenvalue weighted by Crippen LogP contribution is 2.36. The van der Waals surface area contributed by atoms with Crippen LogP contribution >= 0.6 is 15.9 Å². The van der Waals surface area contributed by atoms with Crippen LogP contribution in [0.3, 0.4) is 0 Å². The van der Waals surface area contributed by atoms with Gasteiger partial charge in [0.25, 0.3) is 5.69 Å². The van der Waals surface area contributed by atoms with Crippen molar-refractivity contribution < 1.29 is 9.66 Å². The Hall–Kier alpha value is -2.39. The molecule has 0 amide bonds. The number of halogens is 1. The number of benzene rings is 2. The highest BCUT2D eigenvalue weighted by molar-refractivity contribution is 9.10. The number of nitro benzene ring substituents is 1. The summed E-state index contributed by atoms with van der Waals surface area (Å²) in [5.41, 5.74) is 0.382. The number of ether oxygens (including phenoxy) is 1. The van der Waals surface area contributed by atoms with E-state index in [4.69, 9.17) is 10.00 Å². The molecule has 0 heterocycles. The zero-order valence-corrected chi connectivity index (χ0v) is 11.1. The van der Waals surface area contributed by atoms with Crippen LogP contribution in [0.2, 0.25) is 0 Å². The van der Waals surface area contributed by atoms with Crippen LogP contribution in [0.5, 0.6) is 11.5 Å². The molecule has 94 valence electrons. The summed E-state index contributed by atoms with van der Waals surface area (Å²) in [6, 6.07) is 13.1. The molecule has 19 heavy (non-hydrogen) atoms. The summed E-state index contributed by atoms with van der Waals surface area (Å²) in [6.45, 7) is 0. The van der Waals surface area contributed by atoms with Crippen LogP contribution in [0.15, 0.2) is 46.9 Å². The predicted octanol–water partition coefficient (Wildman–Crippen LogP) is 4.02. The molecule has 2 aromatic rings. The second-order valence-electron chi connectivity index (χ2n) is 3.59. The van der Waals surface area contributed by atoms with Crippen molar-refractivity contribution in [1.82, 2.24) is 0 Å². The van der Waals surface area contributed by atoms with Gasteiger partial charge in [-0.3, -0.25) is 10.1 Å². The molecule has 5 nitrogen and oxygen atoms in total. The van der Waals surface area contributed by atoms with Gasteiger partial charge >= 0.3 is 0 Å². The van der Waals surface area contributed by atoms with Crippen LogP contribution in [0, 0.1) is 21.4 Å². The van der Waals surface area contributed by atoms with Gasteiger partial charge in [0.1, 0.15) is 16.0 Å². The van der Waals surface area contributed by atoms with Crippen LogP contribution in [0.1, 0.15) is 5.56 Å². The fraction of sp³-hybridized carbons (Fsp3) is 0. The molecule has 0 aliphatic heterocycles. The summed E-state index contributed by atoms with van der Waals surface area (Å²) < 4.78 is 5.81. The average molecular weight is 319 g/mol. The van der Waals surface area contributed by atoms with Crippen LogP contribution in [0.4, 0.5) is 5.69 Å². The van der Waals surface area contributed by atoms with Crippen LogP contribution in [-0.4, -0.2) is 4.92 Å². The lowest BCUT2D eigenvalue weighted by molar-refractivity contribution is -0.385. The summed E-state index contributed by atoms with van der Waals surface area (Å²) >= 11 is 3.14. The molecule has 0 saturated heterocycles. The van der Waals surface area contributed by atoms with E-state index in [9.17, 15) is 10.1 Å². The molecule has 0 aliphatic rings. The Morgan fingerprint density at radius 2 is 2.00 bits per heavy atom.